The highest BCUT2D eigenvalue weighted by atomic mass is 19.4. The summed E-state index contributed by atoms with van der Waals surface area (Å²) < 4.78 is 169. The van der Waals surface area contributed by atoms with E-state index in [0.29, 0.717) is 24.3 Å². The number of rotatable bonds is 4. The first-order valence-electron chi connectivity index (χ1n) is 13.0. The molecule has 0 heterocycles. The van der Waals surface area contributed by atoms with Gasteiger partial charge >= 0.3 is 25.1 Å². The van der Waals surface area contributed by atoms with E-state index in [4.69, 9.17) is 0 Å². The van der Waals surface area contributed by atoms with Gasteiger partial charge in [-0.05, 0) is 81.9 Å². The molecule has 4 aromatic rings. The zero-order valence-corrected chi connectivity index (χ0v) is 23.2. The van der Waals surface area contributed by atoms with Crippen molar-refractivity contribution in [2.45, 2.75) is 25.1 Å². The Morgan fingerprint density at radius 1 is 0.458 bits per heavy atom. The summed E-state index contributed by atoms with van der Waals surface area (Å²) in [5, 5.41) is 19.3. The highest BCUT2D eigenvalue weighted by molar-refractivity contribution is 6.07. The van der Waals surface area contributed by atoms with Gasteiger partial charge < -0.3 is 9.47 Å². The Morgan fingerprint density at radius 3 is 1.06 bits per heavy atom. The predicted octanol–water partition coefficient (Wildman–Crippen LogP) is 10.7. The van der Waals surface area contributed by atoms with Crippen LogP contribution in [0.5, 0.6) is 11.5 Å². The molecular weight excluding hydrogens is 672 g/mol. The van der Waals surface area contributed by atoms with Crippen LogP contribution in [0.2, 0.25) is 0 Å². The summed E-state index contributed by atoms with van der Waals surface area (Å²) >= 11 is 0. The monoisotopic (exact) mass is 684 g/mol. The molecule has 0 saturated heterocycles. The molecule has 0 aliphatic heterocycles. The Kier molecular flexibility index (Phi) is 8.12. The minimum Gasteiger partial charge on any atom is -0.405 e. The summed E-state index contributed by atoms with van der Waals surface area (Å²) in [7, 11) is 0. The maximum absolute atomic E-state index is 13.5. The van der Waals surface area contributed by atoms with Gasteiger partial charge in [-0.1, -0.05) is 24.3 Å². The predicted molar refractivity (Wildman–Crippen MR) is 143 cm³/mol. The van der Waals surface area contributed by atoms with Crippen LogP contribution in [-0.4, -0.2) is 12.7 Å². The summed E-state index contributed by atoms with van der Waals surface area (Å²) in [6, 6.07) is 12.3. The fourth-order valence-corrected chi connectivity index (χ4v) is 5.12. The van der Waals surface area contributed by atoms with Gasteiger partial charge in [0.05, 0.1) is 11.1 Å². The standard InChI is InChI=1S/C32H12F12N2O2/c33-29(34,35)18-5-1-15(2-6-18)20-9-22-23-10-21(16-3-7-19(8-4-16)30(36,37)38)27(48-32(42,43)44)12-25(23)28(17(13-45)14-46)24(22)11-26(20)47-31(39,40)41/h1-12H. The van der Waals surface area contributed by atoms with E-state index in [1.54, 1.807) is 0 Å². The molecule has 5 rings (SSSR count). The van der Waals surface area contributed by atoms with Crippen LogP contribution in [0.3, 0.4) is 0 Å². The highest BCUT2D eigenvalue weighted by Crippen LogP contribution is 2.53. The molecule has 4 aromatic carbocycles. The summed E-state index contributed by atoms with van der Waals surface area (Å²) in [5.74, 6) is -1.98. The van der Waals surface area contributed by atoms with E-state index in [2.05, 4.69) is 9.47 Å². The summed E-state index contributed by atoms with van der Waals surface area (Å²) in [6.45, 7) is 0. The van der Waals surface area contributed by atoms with Crippen LogP contribution in [0.1, 0.15) is 22.3 Å². The van der Waals surface area contributed by atoms with Crippen molar-refractivity contribution in [2.75, 3.05) is 0 Å². The van der Waals surface area contributed by atoms with Crippen molar-refractivity contribution in [1.82, 2.24) is 0 Å². The topological polar surface area (TPSA) is 66.0 Å². The fourth-order valence-electron chi connectivity index (χ4n) is 5.12. The molecule has 0 unspecified atom stereocenters. The lowest BCUT2D eigenvalue weighted by Gasteiger charge is -2.17. The number of nitriles is 2. The molecule has 48 heavy (non-hydrogen) atoms. The fraction of sp³-hybridized carbons (Fsp3) is 0.125. The molecule has 0 saturated carbocycles. The molecule has 16 heteroatoms. The van der Waals surface area contributed by atoms with Crippen molar-refractivity contribution in [3.05, 3.63) is 101 Å². The lowest BCUT2D eigenvalue weighted by molar-refractivity contribution is -0.275. The maximum atomic E-state index is 13.5. The SMILES string of the molecule is N#CC(C#N)=C1c2cc(OC(F)(F)F)c(-c3ccc(C(F)(F)F)cc3)cc2-c2cc(-c3ccc(C(F)(F)F)cc3)c(OC(F)(F)F)cc21. The zero-order valence-electron chi connectivity index (χ0n) is 23.2. The second kappa shape index (κ2) is 11.6. The van der Waals surface area contributed by atoms with Crippen molar-refractivity contribution in [2.24, 2.45) is 0 Å². The Labute approximate surface area is 261 Å². The molecule has 0 atom stereocenters. The van der Waals surface area contributed by atoms with E-state index >= 15 is 0 Å². The normalized spacial score (nSPS) is 12.9. The van der Waals surface area contributed by atoms with Gasteiger partial charge in [-0.3, -0.25) is 0 Å². The average Bonchev–Trinajstić information content (AvgIpc) is 3.26. The van der Waals surface area contributed by atoms with Crippen molar-refractivity contribution < 1.29 is 62.2 Å². The van der Waals surface area contributed by atoms with Crippen molar-refractivity contribution in [3.8, 4) is 57.0 Å². The number of benzene rings is 4. The van der Waals surface area contributed by atoms with Gasteiger partial charge in [0.2, 0.25) is 0 Å². The molecule has 0 bridgehead atoms. The number of nitrogens with zero attached hydrogens (tertiary/aromatic N) is 2. The summed E-state index contributed by atoms with van der Waals surface area (Å²) in [6.07, 6.45) is -20.3. The van der Waals surface area contributed by atoms with Gasteiger partial charge in [0.25, 0.3) is 0 Å². The van der Waals surface area contributed by atoms with Crippen LogP contribution in [0.15, 0.2) is 78.4 Å². The summed E-state index contributed by atoms with van der Waals surface area (Å²) in [5.41, 5.74) is -5.56. The van der Waals surface area contributed by atoms with Gasteiger partial charge in [0.15, 0.2) is 0 Å². The second-order valence-electron chi connectivity index (χ2n) is 10.0. The van der Waals surface area contributed by atoms with Crippen LogP contribution in [0.4, 0.5) is 52.7 Å². The first-order chi connectivity index (χ1) is 22.2. The third-order valence-electron chi connectivity index (χ3n) is 7.04. The molecule has 0 fully saturated rings. The molecule has 1 aliphatic carbocycles. The third-order valence-corrected chi connectivity index (χ3v) is 7.04. The molecule has 0 N–H and O–H groups in total. The van der Waals surface area contributed by atoms with Crippen LogP contribution in [0, 0.1) is 22.7 Å². The smallest absolute Gasteiger partial charge is 0.405 e. The Balaban J connectivity index is 1.84. The molecule has 4 nitrogen and oxygen atoms in total. The van der Waals surface area contributed by atoms with Crippen molar-refractivity contribution in [3.63, 3.8) is 0 Å². The largest absolute Gasteiger partial charge is 0.573 e. The Hall–Kier alpha value is -5.64. The number of alkyl halides is 12. The van der Waals surface area contributed by atoms with Crippen LogP contribution < -0.4 is 9.47 Å². The van der Waals surface area contributed by atoms with Gasteiger partial charge in [-0.25, -0.2) is 0 Å². The minimum atomic E-state index is -5.36. The number of ether oxygens (including phenoxy) is 2. The van der Waals surface area contributed by atoms with E-state index < -0.39 is 70.0 Å². The molecule has 1 aliphatic rings. The van der Waals surface area contributed by atoms with Gasteiger partial charge in [0.1, 0.15) is 29.2 Å². The van der Waals surface area contributed by atoms with Crippen molar-refractivity contribution in [1.29, 1.82) is 10.5 Å². The number of hydrogen-bond donors (Lipinski definition) is 0. The highest BCUT2D eigenvalue weighted by Gasteiger charge is 2.38. The number of halogens is 12. The van der Waals surface area contributed by atoms with E-state index in [9.17, 15) is 63.2 Å². The quantitative estimate of drug-likeness (QED) is 0.140. The van der Waals surface area contributed by atoms with Gasteiger partial charge in [-0.15, -0.1) is 26.3 Å². The molecular formula is C32H12F12N2O2. The Morgan fingerprint density at radius 2 is 0.792 bits per heavy atom. The van der Waals surface area contributed by atoms with E-state index in [1.807, 2.05) is 0 Å². The maximum Gasteiger partial charge on any atom is 0.573 e. The first kappa shape index (κ1) is 33.7. The average molecular weight is 684 g/mol. The molecule has 0 radical (unpaired) electrons. The molecule has 246 valence electrons. The number of fused-ring (bicyclic) bond motifs is 3. The molecule has 0 spiro atoms. The van der Waals surface area contributed by atoms with Gasteiger partial charge in [-0.2, -0.15) is 36.9 Å². The van der Waals surface area contributed by atoms with E-state index in [1.165, 1.54) is 12.1 Å². The number of allylic oxidation sites excluding steroid dienone is 1. The lowest BCUT2D eigenvalue weighted by atomic mass is 9.94. The molecule has 0 amide bonds. The van der Waals surface area contributed by atoms with E-state index in [0.717, 1.165) is 48.5 Å². The zero-order chi connectivity index (χ0) is 35.4. The van der Waals surface area contributed by atoms with Gasteiger partial charge in [0, 0.05) is 16.7 Å². The second-order valence-corrected chi connectivity index (χ2v) is 10.0. The van der Waals surface area contributed by atoms with Crippen LogP contribution in [-0.2, 0) is 12.4 Å². The lowest BCUT2D eigenvalue weighted by Crippen LogP contribution is -2.18. The molecule has 0 aromatic heterocycles. The summed E-state index contributed by atoms with van der Waals surface area (Å²) in [4.78, 5) is 0. The number of hydrogen-bond acceptors (Lipinski definition) is 4. The minimum absolute atomic E-state index is 0.0980. The van der Waals surface area contributed by atoms with Crippen molar-refractivity contribution >= 4 is 5.57 Å². The van der Waals surface area contributed by atoms with E-state index in [-0.39, 0.29) is 33.4 Å². The third kappa shape index (κ3) is 6.73. The van der Waals surface area contributed by atoms with Crippen LogP contribution >= 0.6 is 0 Å². The first-order valence-corrected chi connectivity index (χ1v) is 13.0. The van der Waals surface area contributed by atoms with Crippen LogP contribution in [0.25, 0.3) is 39.0 Å². The Bertz CT molecular complexity index is 1880.